The van der Waals surface area contributed by atoms with Gasteiger partial charge in [0.1, 0.15) is 0 Å². The first kappa shape index (κ1) is 22.3. The minimum Gasteiger partial charge on any atom is -0.379 e. The van der Waals surface area contributed by atoms with Crippen LogP contribution >= 0.6 is 0 Å². The number of hydrogen-bond acceptors (Lipinski definition) is 5. The Morgan fingerprint density at radius 1 is 1.07 bits per heavy atom. The van der Waals surface area contributed by atoms with Gasteiger partial charge in [-0.05, 0) is 55.7 Å². The number of anilines is 1. The van der Waals surface area contributed by atoms with E-state index in [1.807, 2.05) is 26.0 Å². The molecule has 0 bridgehead atoms. The number of benzene rings is 2. The van der Waals surface area contributed by atoms with Gasteiger partial charge in [-0.3, -0.25) is 14.4 Å². The summed E-state index contributed by atoms with van der Waals surface area (Å²) in [6.07, 6.45) is 0. The number of nitrogens with zero attached hydrogens (tertiary/aromatic N) is 1. The molecule has 2 aromatic rings. The third kappa shape index (κ3) is 5.38. The van der Waals surface area contributed by atoms with Gasteiger partial charge >= 0.3 is 0 Å². The van der Waals surface area contributed by atoms with Gasteiger partial charge in [0, 0.05) is 31.7 Å². The third-order valence-electron chi connectivity index (χ3n) is 5.41. The quantitative estimate of drug-likeness (QED) is 0.703. The molecule has 0 saturated carbocycles. The largest absolute Gasteiger partial charge is 0.379 e. The van der Waals surface area contributed by atoms with Gasteiger partial charge in [0.15, 0.2) is 0 Å². The van der Waals surface area contributed by atoms with E-state index in [0.717, 1.165) is 30.8 Å². The van der Waals surface area contributed by atoms with Gasteiger partial charge in [-0.1, -0.05) is 18.2 Å². The van der Waals surface area contributed by atoms with Crippen molar-refractivity contribution in [1.29, 1.82) is 0 Å². The number of carbonyl (C=O) groups excluding carboxylic acids is 1. The van der Waals surface area contributed by atoms with Crippen molar-refractivity contribution in [3.63, 3.8) is 0 Å². The maximum Gasteiger partial charge on any atom is 0.262 e. The van der Waals surface area contributed by atoms with Crippen molar-refractivity contribution in [2.24, 2.45) is 0 Å². The van der Waals surface area contributed by atoms with Crippen LogP contribution in [0.1, 0.15) is 27.0 Å². The summed E-state index contributed by atoms with van der Waals surface area (Å²) in [5.41, 5.74) is 3.31. The highest BCUT2D eigenvalue weighted by molar-refractivity contribution is 7.92. The number of ether oxygens (including phenoxy) is 1. The highest BCUT2D eigenvalue weighted by Gasteiger charge is 2.20. The van der Waals surface area contributed by atoms with Gasteiger partial charge in [-0.15, -0.1) is 0 Å². The summed E-state index contributed by atoms with van der Waals surface area (Å²) >= 11 is 0. The Morgan fingerprint density at radius 2 is 1.80 bits per heavy atom. The molecule has 1 saturated heterocycles. The molecule has 2 N–H and O–H groups in total. The Kier molecular flexibility index (Phi) is 7.12. The van der Waals surface area contributed by atoms with E-state index in [1.165, 1.54) is 6.07 Å². The molecule has 1 aliphatic rings. The maximum atomic E-state index is 13.0. The van der Waals surface area contributed by atoms with Gasteiger partial charge < -0.3 is 10.1 Å². The lowest BCUT2D eigenvalue weighted by atomic mass is 10.1. The molecule has 3 rings (SSSR count). The number of morpholine rings is 1. The Bertz CT molecular complexity index is 1020. The number of hydrogen-bond donors (Lipinski definition) is 2. The molecule has 2 aromatic carbocycles. The monoisotopic (exact) mass is 431 g/mol. The first-order valence-corrected chi connectivity index (χ1v) is 11.5. The fourth-order valence-corrected chi connectivity index (χ4v) is 4.74. The molecule has 1 aliphatic heterocycles. The lowest BCUT2D eigenvalue weighted by Gasteiger charge is -2.26. The first-order valence-electron chi connectivity index (χ1n) is 10.1. The van der Waals surface area contributed by atoms with E-state index in [-0.39, 0.29) is 10.8 Å². The predicted molar refractivity (Wildman–Crippen MR) is 117 cm³/mol. The van der Waals surface area contributed by atoms with Gasteiger partial charge in [-0.25, -0.2) is 8.42 Å². The smallest absolute Gasteiger partial charge is 0.262 e. The van der Waals surface area contributed by atoms with Crippen LogP contribution in [0.3, 0.4) is 0 Å². The van der Waals surface area contributed by atoms with Crippen molar-refractivity contribution < 1.29 is 17.9 Å². The lowest BCUT2D eigenvalue weighted by molar-refractivity contribution is 0.0383. The van der Waals surface area contributed by atoms with Crippen LogP contribution in [0.25, 0.3) is 0 Å². The van der Waals surface area contributed by atoms with Gasteiger partial charge in [0.25, 0.3) is 15.9 Å². The number of rotatable bonds is 7. The standard InChI is InChI=1S/C22H29N3O4S/c1-16-5-4-6-20(18(16)3)24-30(27,28)21-15-19(8-7-17(21)2)22(26)23-9-10-25-11-13-29-14-12-25/h4-8,15,24H,9-14H2,1-3H3,(H,23,26). The highest BCUT2D eigenvalue weighted by Crippen LogP contribution is 2.24. The second kappa shape index (κ2) is 9.59. The molecule has 0 aromatic heterocycles. The highest BCUT2D eigenvalue weighted by atomic mass is 32.2. The molecular weight excluding hydrogens is 402 g/mol. The number of carbonyl (C=O) groups is 1. The van der Waals surface area contributed by atoms with Gasteiger partial charge in [-0.2, -0.15) is 0 Å². The molecule has 0 spiro atoms. The Balaban J connectivity index is 1.71. The number of amides is 1. The van der Waals surface area contributed by atoms with E-state index in [4.69, 9.17) is 4.74 Å². The second-order valence-corrected chi connectivity index (χ2v) is 9.19. The zero-order valence-electron chi connectivity index (χ0n) is 17.7. The zero-order chi connectivity index (χ0) is 21.7. The van der Waals surface area contributed by atoms with E-state index >= 15 is 0 Å². The molecule has 7 nitrogen and oxygen atoms in total. The zero-order valence-corrected chi connectivity index (χ0v) is 18.5. The molecule has 0 atom stereocenters. The summed E-state index contributed by atoms with van der Waals surface area (Å²) < 4.78 is 34.0. The molecule has 30 heavy (non-hydrogen) atoms. The van der Waals surface area contributed by atoms with Crippen LogP contribution in [-0.2, 0) is 14.8 Å². The molecule has 8 heteroatoms. The maximum absolute atomic E-state index is 13.0. The molecular formula is C22H29N3O4S. The van der Waals surface area contributed by atoms with Crippen LogP contribution in [-0.4, -0.2) is 58.6 Å². The SMILES string of the molecule is Cc1ccc(C(=O)NCCN2CCOCC2)cc1S(=O)(=O)Nc1cccc(C)c1C. The topological polar surface area (TPSA) is 87.7 Å². The average Bonchev–Trinajstić information content (AvgIpc) is 2.72. The molecule has 162 valence electrons. The van der Waals surface area contributed by atoms with Crippen LogP contribution in [0.2, 0.25) is 0 Å². The minimum atomic E-state index is -3.83. The molecule has 0 radical (unpaired) electrons. The van der Waals surface area contributed by atoms with Crippen molar-refractivity contribution in [2.75, 3.05) is 44.1 Å². The van der Waals surface area contributed by atoms with E-state index < -0.39 is 10.0 Å². The summed E-state index contributed by atoms with van der Waals surface area (Å²) in [7, 11) is -3.83. The van der Waals surface area contributed by atoms with Crippen molar-refractivity contribution in [3.05, 3.63) is 58.7 Å². The minimum absolute atomic E-state index is 0.101. The summed E-state index contributed by atoms with van der Waals surface area (Å²) in [6.45, 7) is 9.88. The Morgan fingerprint density at radius 3 is 2.53 bits per heavy atom. The van der Waals surface area contributed by atoms with E-state index in [0.29, 0.717) is 36.6 Å². The second-order valence-electron chi connectivity index (χ2n) is 7.54. The summed E-state index contributed by atoms with van der Waals surface area (Å²) in [4.78, 5) is 14.9. The fourth-order valence-electron chi connectivity index (χ4n) is 3.35. The molecule has 0 unspecified atom stereocenters. The summed E-state index contributed by atoms with van der Waals surface area (Å²) in [6, 6.07) is 10.2. The first-order chi connectivity index (χ1) is 14.3. The van der Waals surface area contributed by atoms with E-state index in [1.54, 1.807) is 25.1 Å². The van der Waals surface area contributed by atoms with Crippen LogP contribution in [0, 0.1) is 20.8 Å². The van der Waals surface area contributed by atoms with E-state index in [9.17, 15) is 13.2 Å². The van der Waals surface area contributed by atoms with Crippen molar-refractivity contribution in [1.82, 2.24) is 10.2 Å². The molecule has 1 amide bonds. The van der Waals surface area contributed by atoms with Crippen LogP contribution in [0.5, 0.6) is 0 Å². The Labute approximate surface area is 178 Å². The van der Waals surface area contributed by atoms with E-state index in [2.05, 4.69) is 14.9 Å². The van der Waals surface area contributed by atoms with Crippen LogP contribution < -0.4 is 10.0 Å². The summed E-state index contributed by atoms with van der Waals surface area (Å²) in [5, 5.41) is 2.87. The van der Waals surface area contributed by atoms with Gasteiger partial charge in [0.05, 0.1) is 23.8 Å². The van der Waals surface area contributed by atoms with Crippen LogP contribution in [0.4, 0.5) is 5.69 Å². The predicted octanol–water partition coefficient (Wildman–Crippen LogP) is 2.47. The number of sulfonamides is 1. The third-order valence-corrected chi connectivity index (χ3v) is 6.91. The fraction of sp³-hybridized carbons (Fsp3) is 0.409. The van der Waals surface area contributed by atoms with Crippen LogP contribution in [0.15, 0.2) is 41.3 Å². The lowest BCUT2D eigenvalue weighted by Crippen LogP contribution is -2.41. The van der Waals surface area contributed by atoms with Crippen molar-refractivity contribution in [2.45, 2.75) is 25.7 Å². The average molecular weight is 432 g/mol. The van der Waals surface area contributed by atoms with Crippen molar-refractivity contribution in [3.8, 4) is 0 Å². The number of nitrogens with one attached hydrogen (secondary N) is 2. The van der Waals surface area contributed by atoms with Gasteiger partial charge in [0.2, 0.25) is 0 Å². The van der Waals surface area contributed by atoms with Crippen molar-refractivity contribution >= 4 is 21.6 Å². The molecule has 1 heterocycles. The molecule has 0 aliphatic carbocycles. The normalized spacial score (nSPS) is 15.0. The molecule has 1 fully saturated rings. The Hall–Kier alpha value is -2.42. The summed E-state index contributed by atoms with van der Waals surface area (Å²) in [5.74, 6) is -0.286. The number of aryl methyl sites for hydroxylation is 2.